The highest BCUT2D eigenvalue weighted by molar-refractivity contribution is 9.10. The molecule has 15 heavy (non-hydrogen) atoms. The zero-order chi connectivity index (χ0) is 11.3. The highest BCUT2D eigenvalue weighted by Gasteiger charge is 2.05. The quantitative estimate of drug-likeness (QED) is 0.767. The van der Waals surface area contributed by atoms with Crippen molar-refractivity contribution in [3.8, 4) is 0 Å². The van der Waals surface area contributed by atoms with Crippen LogP contribution in [0.2, 0.25) is 0 Å². The van der Waals surface area contributed by atoms with Gasteiger partial charge in [-0.2, -0.15) is 0 Å². The highest BCUT2D eigenvalue weighted by Crippen LogP contribution is 2.23. The molecule has 1 aromatic rings. The van der Waals surface area contributed by atoms with Crippen LogP contribution in [0.3, 0.4) is 0 Å². The summed E-state index contributed by atoms with van der Waals surface area (Å²) in [7, 11) is 0. The molecule has 0 aliphatic heterocycles. The number of hydrogen-bond acceptors (Lipinski definition) is 1. The Hall–Kier alpha value is -0.500. The van der Waals surface area contributed by atoms with Crippen molar-refractivity contribution in [2.75, 3.05) is 18.0 Å². The minimum Gasteiger partial charge on any atom is -0.372 e. The van der Waals surface area contributed by atoms with Gasteiger partial charge in [-0.3, -0.25) is 0 Å². The fourth-order valence-corrected chi connectivity index (χ4v) is 2.06. The summed E-state index contributed by atoms with van der Waals surface area (Å²) >= 11 is 3.59. The number of hydrogen-bond donors (Lipinski definition) is 0. The van der Waals surface area contributed by atoms with Crippen LogP contribution in [0.15, 0.2) is 22.7 Å². The van der Waals surface area contributed by atoms with Gasteiger partial charge in [0.05, 0.1) is 0 Å². The Balaban J connectivity index is 2.85. The van der Waals surface area contributed by atoms with Crippen molar-refractivity contribution in [3.05, 3.63) is 28.2 Å². The molecule has 0 bridgehead atoms. The molecule has 1 nitrogen and oxygen atoms in total. The molecule has 1 rings (SSSR count). The van der Waals surface area contributed by atoms with Crippen LogP contribution in [0.4, 0.5) is 5.69 Å². The van der Waals surface area contributed by atoms with Crippen LogP contribution in [0.25, 0.3) is 0 Å². The zero-order valence-electron chi connectivity index (χ0n) is 9.89. The van der Waals surface area contributed by atoms with Crippen molar-refractivity contribution in [1.82, 2.24) is 0 Å². The summed E-state index contributed by atoms with van der Waals surface area (Å²) in [4.78, 5) is 2.45. The van der Waals surface area contributed by atoms with Gasteiger partial charge in [-0.1, -0.05) is 35.8 Å². The molecule has 0 spiro atoms. The zero-order valence-corrected chi connectivity index (χ0v) is 11.5. The fraction of sp³-hybridized carbons (Fsp3) is 0.538. The molecule has 2 heteroatoms. The lowest BCUT2D eigenvalue weighted by molar-refractivity contribution is 0.744. The third kappa shape index (κ3) is 3.53. The molecular formula is C13H20BrN. The first kappa shape index (κ1) is 12.6. The van der Waals surface area contributed by atoms with Crippen LogP contribution in [-0.4, -0.2) is 13.1 Å². The lowest BCUT2D eigenvalue weighted by atomic mass is 10.2. The molecule has 0 radical (unpaired) electrons. The first-order valence-electron chi connectivity index (χ1n) is 5.70. The minimum atomic E-state index is 1.14. The molecule has 1 aromatic carbocycles. The van der Waals surface area contributed by atoms with Crippen LogP contribution in [0.5, 0.6) is 0 Å². The molecule has 0 fully saturated rings. The van der Waals surface area contributed by atoms with E-state index >= 15 is 0 Å². The van der Waals surface area contributed by atoms with E-state index in [1.165, 1.54) is 28.6 Å². The van der Waals surface area contributed by atoms with Gasteiger partial charge in [-0.05, 0) is 37.5 Å². The van der Waals surface area contributed by atoms with E-state index in [2.05, 4.69) is 59.8 Å². The molecule has 0 aliphatic rings. The second kappa shape index (κ2) is 6.16. The minimum absolute atomic E-state index is 1.14. The van der Waals surface area contributed by atoms with Crippen LogP contribution >= 0.6 is 15.9 Å². The van der Waals surface area contributed by atoms with Crippen LogP contribution in [0.1, 0.15) is 32.3 Å². The van der Waals surface area contributed by atoms with Gasteiger partial charge in [0, 0.05) is 23.2 Å². The van der Waals surface area contributed by atoms with Gasteiger partial charge >= 0.3 is 0 Å². The molecule has 0 amide bonds. The number of aryl methyl sites for hydroxylation is 1. The monoisotopic (exact) mass is 269 g/mol. The third-order valence-electron chi connectivity index (χ3n) is 2.51. The van der Waals surface area contributed by atoms with Gasteiger partial charge in [0.1, 0.15) is 0 Å². The number of halogens is 1. The van der Waals surface area contributed by atoms with Crippen molar-refractivity contribution in [2.24, 2.45) is 0 Å². The molecule has 84 valence electrons. The van der Waals surface area contributed by atoms with Gasteiger partial charge in [0.25, 0.3) is 0 Å². The van der Waals surface area contributed by atoms with Gasteiger partial charge in [0.15, 0.2) is 0 Å². The molecule has 0 saturated heterocycles. The Kier molecular flexibility index (Phi) is 5.16. The van der Waals surface area contributed by atoms with Crippen molar-refractivity contribution in [1.29, 1.82) is 0 Å². The molecule has 0 heterocycles. The average molecular weight is 270 g/mol. The maximum Gasteiger partial charge on any atom is 0.0377 e. The first-order valence-corrected chi connectivity index (χ1v) is 6.49. The second-order valence-electron chi connectivity index (χ2n) is 3.92. The SMILES string of the molecule is CCCN(CCC)c1ccc(C)c(Br)c1. The van der Waals surface area contributed by atoms with Gasteiger partial charge in [0.2, 0.25) is 0 Å². The summed E-state index contributed by atoms with van der Waals surface area (Å²) in [5.41, 5.74) is 2.63. The number of nitrogens with zero attached hydrogens (tertiary/aromatic N) is 1. The van der Waals surface area contributed by atoms with Crippen molar-refractivity contribution < 1.29 is 0 Å². The van der Waals surface area contributed by atoms with Crippen molar-refractivity contribution >= 4 is 21.6 Å². The molecule has 0 saturated carbocycles. The predicted molar refractivity (Wildman–Crippen MR) is 71.7 cm³/mol. The van der Waals surface area contributed by atoms with E-state index in [-0.39, 0.29) is 0 Å². The van der Waals surface area contributed by atoms with Crippen LogP contribution in [-0.2, 0) is 0 Å². The van der Waals surface area contributed by atoms with Gasteiger partial charge < -0.3 is 4.90 Å². The maximum absolute atomic E-state index is 3.59. The normalized spacial score (nSPS) is 10.4. The predicted octanol–water partition coefficient (Wildman–Crippen LogP) is 4.38. The topological polar surface area (TPSA) is 3.24 Å². The highest BCUT2D eigenvalue weighted by atomic mass is 79.9. The average Bonchev–Trinajstić information content (AvgIpc) is 2.22. The summed E-state index contributed by atoms with van der Waals surface area (Å²) in [5.74, 6) is 0. The largest absolute Gasteiger partial charge is 0.372 e. The van der Waals surface area contributed by atoms with Gasteiger partial charge in [-0.25, -0.2) is 0 Å². The summed E-state index contributed by atoms with van der Waals surface area (Å²) in [6.45, 7) is 8.86. The van der Waals surface area contributed by atoms with E-state index in [0.717, 1.165) is 13.1 Å². The molecule has 0 N–H and O–H groups in total. The lowest BCUT2D eigenvalue weighted by Crippen LogP contribution is -2.24. The number of rotatable bonds is 5. The Morgan fingerprint density at radius 2 is 1.73 bits per heavy atom. The van der Waals surface area contributed by atoms with Gasteiger partial charge in [-0.15, -0.1) is 0 Å². The smallest absolute Gasteiger partial charge is 0.0377 e. The first-order chi connectivity index (χ1) is 7.19. The number of benzene rings is 1. The Labute approximate surface area is 102 Å². The Morgan fingerprint density at radius 3 is 2.20 bits per heavy atom. The maximum atomic E-state index is 3.59. The fourth-order valence-electron chi connectivity index (χ4n) is 1.69. The van der Waals surface area contributed by atoms with E-state index in [0.29, 0.717) is 0 Å². The van der Waals surface area contributed by atoms with E-state index in [1.54, 1.807) is 0 Å². The van der Waals surface area contributed by atoms with E-state index in [4.69, 9.17) is 0 Å². The third-order valence-corrected chi connectivity index (χ3v) is 3.36. The van der Waals surface area contributed by atoms with E-state index < -0.39 is 0 Å². The summed E-state index contributed by atoms with van der Waals surface area (Å²) in [6, 6.07) is 6.61. The number of anilines is 1. The van der Waals surface area contributed by atoms with E-state index in [1.807, 2.05) is 0 Å². The standard InChI is InChI=1S/C13H20BrN/c1-4-8-15(9-5-2)12-7-6-11(3)13(14)10-12/h6-7,10H,4-5,8-9H2,1-3H3. The molecule has 0 atom stereocenters. The molecule has 0 aliphatic carbocycles. The Morgan fingerprint density at radius 1 is 1.13 bits per heavy atom. The van der Waals surface area contributed by atoms with Crippen LogP contribution < -0.4 is 4.90 Å². The molecular weight excluding hydrogens is 250 g/mol. The molecule has 0 aromatic heterocycles. The summed E-state index contributed by atoms with van der Waals surface area (Å²) in [6.07, 6.45) is 2.40. The molecule has 0 unspecified atom stereocenters. The van der Waals surface area contributed by atoms with Crippen molar-refractivity contribution in [3.63, 3.8) is 0 Å². The van der Waals surface area contributed by atoms with Crippen molar-refractivity contribution in [2.45, 2.75) is 33.6 Å². The second-order valence-corrected chi connectivity index (χ2v) is 4.77. The lowest BCUT2D eigenvalue weighted by Gasteiger charge is -2.24. The van der Waals surface area contributed by atoms with E-state index in [9.17, 15) is 0 Å². The van der Waals surface area contributed by atoms with Crippen LogP contribution in [0, 0.1) is 6.92 Å². The summed E-state index contributed by atoms with van der Waals surface area (Å²) in [5, 5.41) is 0. The summed E-state index contributed by atoms with van der Waals surface area (Å²) < 4.78 is 1.21. The Bertz CT molecular complexity index is 303.